The van der Waals surface area contributed by atoms with E-state index >= 15 is 0 Å². The van der Waals surface area contributed by atoms with Gasteiger partial charge in [-0.3, -0.25) is 14.4 Å². The Morgan fingerprint density at radius 3 is 2.44 bits per heavy atom. The number of unbranched alkanes of at least 4 members (excludes halogenated alkanes) is 1. The molecule has 1 aliphatic heterocycles. The Hall–Kier alpha value is -2.99. The number of thiazole rings is 1. The summed E-state index contributed by atoms with van der Waals surface area (Å²) in [6.45, 7) is 3.50. The highest BCUT2D eigenvalue weighted by molar-refractivity contribution is 9.11. The first-order chi connectivity index (χ1) is 17.3. The molecule has 1 saturated heterocycles. The first kappa shape index (κ1) is 27.6. The Balaban J connectivity index is 1.64. The fourth-order valence-corrected chi connectivity index (χ4v) is 5.14. The fraction of sp³-hybridized carbons (Fsp3) is 0.458. The van der Waals surface area contributed by atoms with E-state index in [0.29, 0.717) is 29.2 Å². The molecule has 2 heterocycles. The number of aromatic nitrogens is 1. The van der Waals surface area contributed by atoms with Gasteiger partial charge in [-0.05, 0) is 28.8 Å². The Morgan fingerprint density at radius 2 is 1.81 bits per heavy atom. The molecule has 0 saturated carbocycles. The average Bonchev–Trinajstić information content (AvgIpc) is 3.28. The highest BCUT2D eigenvalue weighted by Gasteiger charge is 2.31. The molecule has 1 atom stereocenters. The lowest BCUT2D eigenvalue weighted by Gasteiger charge is -2.36. The number of aliphatic carboxylic acids is 1. The summed E-state index contributed by atoms with van der Waals surface area (Å²) in [5, 5.41) is 12.0. The summed E-state index contributed by atoms with van der Waals surface area (Å²) in [6, 6.07) is 8.34. The van der Waals surface area contributed by atoms with E-state index in [9.17, 15) is 19.2 Å². The zero-order valence-electron chi connectivity index (χ0n) is 19.9. The van der Waals surface area contributed by atoms with Crippen molar-refractivity contribution in [1.82, 2.24) is 20.1 Å². The number of hydrogen-bond donors (Lipinski definition) is 2. The molecule has 2 aromatic rings. The van der Waals surface area contributed by atoms with E-state index in [1.54, 1.807) is 4.90 Å². The monoisotopic (exact) mass is 580 g/mol. The van der Waals surface area contributed by atoms with E-state index in [1.165, 1.54) is 4.90 Å². The molecular weight excluding hydrogens is 552 g/mol. The zero-order chi connectivity index (χ0) is 26.1. The molecule has 0 bridgehead atoms. The minimum Gasteiger partial charge on any atom is -0.481 e. The van der Waals surface area contributed by atoms with E-state index in [-0.39, 0.29) is 36.8 Å². The summed E-state index contributed by atoms with van der Waals surface area (Å²) in [5.41, 5.74) is 1.45. The van der Waals surface area contributed by atoms with Crippen molar-refractivity contribution in [3.05, 3.63) is 39.1 Å². The number of piperazine rings is 1. The number of nitrogens with zero attached hydrogens (tertiary/aromatic N) is 3. The van der Waals surface area contributed by atoms with Gasteiger partial charge in [0.25, 0.3) is 5.91 Å². The fourth-order valence-electron chi connectivity index (χ4n) is 3.64. The van der Waals surface area contributed by atoms with Gasteiger partial charge in [-0.1, -0.05) is 43.7 Å². The largest absolute Gasteiger partial charge is 0.481 e. The SMILES string of the molecule is CCCCOC(=O)N1CCN(C(=O)C(CCC(=O)O)NC(=O)c2nc(-c3ccccc3)c(Br)s2)CC1. The second kappa shape index (κ2) is 13.4. The number of halogens is 1. The van der Waals surface area contributed by atoms with E-state index in [0.717, 1.165) is 29.7 Å². The normalized spacial score (nSPS) is 14.3. The van der Waals surface area contributed by atoms with Crippen LogP contribution in [-0.2, 0) is 14.3 Å². The summed E-state index contributed by atoms with van der Waals surface area (Å²) in [5.74, 6) is -2.00. The Bertz CT molecular complexity index is 1070. The number of ether oxygens (including phenoxy) is 1. The lowest BCUT2D eigenvalue weighted by molar-refractivity contribution is -0.138. The van der Waals surface area contributed by atoms with Crippen LogP contribution in [0.1, 0.15) is 42.4 Å². The molecule has 1 aromatic carbocycles. The van der Waals surface area contributed by atoms with Gasteiger partial charge in [-0.15, -0.1) is 11.3 Å². The van der Waals surface area contributed by atoms with Gasteiger partial charge in [0.15, 0.2) is 5.01 Å². The van der Waals surface area contributed by atoms with Crippen LogP contribution < -0.4 is 5.32 Å². The van der Waals surface area contributed by atoms with Crippen LogP contribution in [0.3, 0.4) is 0 Å². The summed E-state index contributed by atoms with van der Waals surface area (Å²) in [4.78, 5) is 57.0. The van der Waals surface area contributed by atoms with Crippen LogP contribution in [0.2, 0.25) is 0 Å². The molecule has 3 rings (SSSR count). The van der Waals surface area contributed by atoms with Gasteiger partial charge in [0.1, 0.15) is 6.04 Å². The van der Waals surface area contributed by atoms with Crippen LogP contribution in [-0.4, -0.2) is 82.6 Å². The Labute approximate surface area is 221 Å². The third-order valence-corrected chi connectivity index (χ3v) is 7.35. The van der Waals surface area contributed by atoms with Crippen molar-refractivity contribution in [1.29, 1.82) is 0 Å². The van der Waals surface area contributed by atoms with Gasteiger partial charge in [-0.25, -0.2) is 9.78 Å². The van der Waals surface area contributed by atoms with E-state index in [4.69, 9.17) is 9.84 Å². The quantitative estimate of drug-likeness (QED) is 0.410. The van der Waals surface area contributed by atoms with Gasteiger partial charge in [0, 0.05) is 38.2 Å². The summed E-state index contributed by atoms with van der Waals surface area (Å²) >= 11 is 4.58. The highest BCUT2D eigenvalue weighted by Crippen LogP contribution is 2.33. The van der Waals surface area contributed by atoms with E-state index in [1.807, 2.05) is 37.3 Å². The number of carbonyl (C=O) groups excluding carboxylic acids is 3. The highest BCUT2D eigenvalue weighted by atomic mass is 79.9. The molecule has 0 radical (unpaired) electrons. The van der Waals surface area contributed by atoms with E-state index in [2.05, 4.69) is 26.2 Å². The second-order valence-electron chi connectivity index (χ2n) is 8.25. The van der Waals surface area contributed by atoms with Crippen molar-refractivity contribution in [3.63, 3.8) is 0 Å². The maximum atomic E-state index is 13.2. The number of carboxylic acid groups (broad SMARTS) is 1. The van der Waals surface area contributed by atoms with E-state index < -0.39 is 24.0 Å². The molecule has 3 amide bonds. The molecule has 1 fully saturated rings. The molecule has 12 heteroatoms. The third kappa shape index (κ3) is 7.50. The average molecular weight is 581 g/mol. The predicted octanol–water partition coefficient (Wildman–Crippen LogP) is 3.62. The number of carboxylic acids is 1. The van der Waals surface area contributed by atoms with Crippen LogP contribution in [0.4, 0.5) is 4.79 Å². The number of rotatable bonds is 10. The number of benzene rings is 1. The Morgan fingerprint density at radius 1 is 1.14 bits per heavy atom. The number of hydrogen-bond acceptors (Lipinski definition) is 7. The molecule has 2 N–H and O–H groups in total. The molecule has 194 valence electrons. The minimum atomic E-state index is -1.06. The lowest BCUT2D eigenvalue weighted by Crippen LogP contribution is -2.56. The molecule has 1 aliphatic rings. The van der Waals surface area contributed by atoms with Crippen molar-refractivity contribution in [2.45, 2.75) is 38.6 Å². The molecule has 1 aromatic heterocycles. The van der Waals surface area contributed by atoms with Crippen LogP contribution in [0, 0.1) is 0 Å². The van der Waals surface area contributed by atoms with Crippen LogP contribution in [0.15, 0.2) is 34.1 Å². The van der Waals surface area contributed by atoms with Crippen LogP contribution >= 0.6 is 27.3 Å². The van der Waals surface area contributed by atoms with Gasteiger partial charge in [-0.2, -0.15) is 0 Å². The maximum absolute atomic E-state index is 13.2. The molecule has 1 unspecified atom stereocenters. The number of carbonyl (C=O) groups is 4. The third-order valence-electron chi connectivity index (χ3n) is 5.65. The Kier molecular flexibility index (Phi) is 10.2. The lowest BCUT2D eigenvalue weighted by atomic mass is 10.1. The maximum Gasteiger partial charge on any atom is 0.409 e. The molecule has 0 spiro atoms. The van der Waals surface area contributed by atoms with Crippen molar-refractivity contribution < 1.29 is 29.0 Å². The first-order valence-corrected chi connectivity index (χ1v) is 13.4. The standard InChI is InChI=1S/C24H29BrN4O6S/c1-2-3-15-35-24(34)29-13-11-28(12-14-29)23(33)17(9-10-18(30)31)26-21(32)22-27-19(20(25)36-22)16-7-5-4-6-8-16/h4-8,17H,2-3,9-15H2,1H3,(H,26,32)(H,30,31). The predicted molar refractivity (Wildman–Crippen MR) is 138 cm³/mol. The van der Waals surface area contributed by atoms with Crippen molar-refractivity contribution in [3.8, 4) is 11.3 Å². The topological polar surface area (TPSA) is 129 Å². The molecular formula is C24H29BrN4O6S. The summed E-state index contributed by atoms with van der Waals surface area (Å²) < 4.78 is 5.90. The summed E-state index contributed by atoms with van der Waals surface area (Å²) in [6.07, 6.45) is 0.964. The zero-order valence-corrected chi connectivity index (χ0v) is 22.3. The number of nitrogens with one attached hydrogen (secondary N) is 1. The minimum absolute atomic E-state index is 0.0583. The van der Waals surface area contributed by atoms with Gasteiger partial charge < -0.3 is 25.0 Å². The summed E-state index contributed by atoms with van der Waals surface area (Å²) in [7, 11) is 0. The number of amides is 3. The van der Waals surface area contributed by atoms with Gasteiger partial charge >= 0.3 is 12.1 Å². The van der Waals surface area contributed by atoms with Crippen molar-refractivity contribution in [2.75, 3.05) is 32.8 Å². The van der Waals surface area contributed by atoms with Gasteiger partial charge in [0.05, 0.1) is 16.1 Å². The molecule has 36 heavy (non-hydrogen) atoms. The first-order valence-electron chi connectivity index (χ1n) is 11.7. The van der Waals surface area contributed by atoms with Crippen molar-refractivity contribution >= 4 is 51.1 Å². The molecule has 0 aliphatic carbocycles. The smallest absolute Gasteiger partial charge is 0.409 e. The van der Waals surface area contributed by atoms with Crippen LogP contribution in [0.5, 0.6) is 0 Å². The molecule has 10 nitrogen and oxygen atoms in total. The van der Waals surface area contributed by atoms with Crippen LogP contribution in [0.25, 0.3) is 11.3 Å². The second-order valence-corrected chi connectivity index (χ2v) is 10.6. The van der Waals surface area contributed by atoms with Gasteiger partial charge in [0.2, 0.25) is 5.91 Å². The van der Waals surface area contributed by atoms with Crippen molar-refractivity contribution in [2.24, 2.45) is 0 Å².